The Kier molecular flexibility index (Phi) is 8.91. The van der Waals surface area contributed by atoms with Gasteiger partial charge in [0.2, 0.25) is 0 Å². The van der Waals surface area contributed by atoms with Crippen LogP contribution >= 0.6 is 11.3 Å². The molecule has 0 unspecified atom stereocenters. The lowest BCUT2D eigenvalue weighted by atomic mass is 9.93. The number of benzene rings is 2. The van der Waals surface area contributed by atoms with Crippen molar-refractivity contribution in [2.24, 2.45) is 4.99 Å². The number of allylic oxidation sites excluding steroid dienone is 1. The van der Waals surface area contributed by atoms with E-state index in [0.717, 1.165) is 11.3 Å². The van der Waals surface area contributed by atoms with Gasteiger partial charge in [-0.2, -0.15) is 0 Å². The maximum atomic E-state index is 14.1. The summed E-state index contributed by atoms with van der Waals surface area (Å²) >= 11 is 1.15. The monoisotopic (exact) mass is 632 g/mol. The number of thiazole rings is 1. The molecule has 0 bridgehead atoms. The number of fused-ring (bicyclic) bond motifs is 1. The minimum absolute atomic E-state index is 0.178. The molecular weight excluding hydrogens is 600 g/mol. The SMILES string of the molecule is CCN(CC)C(=O)C1=C(C)N=c2s/c(=C/c3ccc(-c4ccc(OC)cc4[N+](=O)[O-])o3)c(=O)n2[C@H]1c1cc(OC)ccc1OC. The van der Waals surface area contributed by atoms with Crippen molar-refractivity contribution in [3.8, 4) is 28.6 Å². The van der Waals surface area contributed by atoms with E-state index in [9.17, 15) is 19.7 Å². The van der Waals surface area contributed by atoms with Crippen molar-refractivity contribution >= 4 is 29.0 Å². The van der Waals surface area contributed by atoms with E-state index in [1.54, 1.807) is 60.4 Å². The minimum Gasteiger partial charge on any atom is -0.497 e. The molecule has 2 aromatic heterocycles. The molecule has 0 saturated carbocycles. The standard InChI is InChI=1S/C32H32N4O8S/c1-7-34(8-2)31(38)28-18(3)33-32-35(29(28)23-15-19(41-4)10-13-25(23)43-6)30(37)27(45-32)17-21-11-14-26(44-21)22-12-9-20(42-5)16-24(22)36(39)40/h9-17,29H,7-8H2,1-6H3/b27-17+/t29-/m0/s1. The number of rotatable bonds is 10. The van der Waals surface area contributed by atoms with Crippen LogP contribution in [0.15, 0.2) is 74.0 Å². The van der Waals surface area contributed by atoms with Crippen molar-refractivity contribution in [2.75, 3.05) is 34.4 Å². The van der Waals surface area contributed by atoms with Gasteiger partial charge in [-0.3, -0.25) is 24.3 Å². The minimum atomic E-state index is -0.851. The van der Waals surface area contributed by atoms with Crippen LogP contribution in [0.2, 0.25) is 0 Å². The molecule has 4 aromatic rings. The fraction of sp³-hybridized carbons (Fsp3) is 0.281. The van der Waals surface area contributed by atoms with E-state index in [2.05, 4.69) is 0 Å². The Hall–Kier alpha value is -5.17. The maximum absolute atomic E-state index is 14.1. The average molecular weight is 633 g/mol. The van der Waals surface area contributed by atoms with Crippen molar-refractivity contribution in [2.45, 2.75) is 26.8 Å². The van der Waals surface area contributed by atoms with Crippen LogP contribution in [0.3, 0.4) is 0 Å². The molecular formula is C32H32N4O8S. The second-order valence-corrected chi connectivity index (χ2v) is 11.0. The molecule has 0 saturated heterocycles. The van der Waals surface area contributed by atoms with Crippen molar-refractivity contribution in [1.29, 1.82) is 0 Å². The molecule has 1 amide bonds. The van der Waals surface area contributed by atoms with Crippen LogP contribution in [-0.4, -0.2) is 54.7 Å². The second-order valence-electron chi connectivity index (χ2n) is 10.0. The van der Waals surface area contributed by atoms with Gasteiger partial charge in [0.25, 0.3) is 17.2 Å². The van der Waals surface area contributed by atoms with E-state index in [4.69, 9.17) is 23.6 Å². The van der Waals surface area contributed by atoms with Crippen LogP contribution in [0.1, 0.15) is 38.1 Å². The van der Waals surface area contributed by atoms with Gasteiger partial charge in [-0.15, -0.1) is 0 Å². The van der Waals surface area contributed by atoms with E-state index < -0.39 is 11.0 Å². The molecule has 12 nitrogen and oxygen atoms in total. The number of nitrogens with zero attached hydrogens (tertiary/aromatic N) is 4. The van der Waals surface area contributed by atoms with Crippen LogP contribution < -0.4 is 29.1 Å². The number of hydrogen-bond acceptors (Lipinski definition) is 10. The summed E-state index contributed by atoms with van der Waals surface area (Å²) in [5, 5.41) is 11.7. The molecule has 0 aliphatic carbocycles. The van der Waals surface area contributed by atoms with Crippen LogP contribution in [-0.2, 0) is 4.79 Å². The highest BCUT2D eigenvalue weighted by molar-refractivity contribution is 7.07. The predicted molar refractivity (Wildman–Crippen MR) is 169 cm³/mol. The normalized spacial score (nSPS) is 14.5. The predicted octanol–water partition coefficient (Wildman–Crippen LogP) is 4.30. The van der Waals surface area contributed by atoms with Crippen LogP contribution in [0.4, 0.5) is 5.69 Å². The Morgan fingerprint density at radius 1 is 1.07 bits per heavy atom. The molecule has 234 valence electrons. The Morgan fingerprint density at radius 3 is 2.40 bits per heavy atom. The second kappa shape index (κ2) is 12.8. The smallest absolute Gasteiger partial charge is 0.284 e. The first-order valence-electron chi connectivity index (χ1n) is 14.1. The summed E-state index contributed by atoms with van der Waals surface area (Å²) in [4.78, 5) is 46.1. The molecule has 3 heterocycles. The Morgan fingerprint density at radius 2 is 1.76 bits per heavy atom. The summed E-state index contributed by atoms with van der Waals surface area (Å²) in [6, 6.07) is 12.1. The first-order chi connectivity index (χ1) is 21.6. The van der Waals surface area contributed by atoms with Gasteiger partial charge < -0.3 is 23.5 Å². The number of nitro groups is 1. The first-order valence-corrected chi connectivity index (χ1v) is 14.9. The van der Waals surface area contributed by atoms with Crippen molar-refractivity contribution in [3.63, 3.8) is 0 Å². The van der Waals surface area contributed by atoms with Gasteiger partial charge in [-0.05, 0) is 63.2 Å². The quantitative estimate of drug-likeness (QED) is 0.186. The average Bonchev–Trinajstić information content (AvgIpc) is 3.63. The Balaban J connectivity index is 1.68. The van der Waals surface area contributed by atoms with Gasteiger partial charge in [0.05, 0.1) is 53.7 Å². The summed E-state index contributed by atoms with van der Waals surface area (Å²) in [5.74, 6) is 1.69. The van der Waals surface area contributed by atoms with E-state index in [1.165, 1.54) is 32.0 Å². The number of hydrogen-bond donors (Lipinski definition) is 0. The largest absolute Gasteiger partial charge is 0.497 e. The summed E-state index contributed by atoms with van der Waals surface area (Å²) in [5.41, 5.74) is 1.11. The van der Waals surface area contributed by atoms with Crippen molar-refractivity contribution in [1.82, 2.24) is 9.47 Å². The Labute approximate surface area is 262 Å². The van der Waals surface area contributed by atoms with Gasteiger partial charge in [0, 0.05) is 24.7 Å². The molecule has 0 spiro atoms. The topological polar surface area (TPSA) is 139 Å². The number of ether oxygens (including phenoxy) is 3. The molecule has 0 radical (unpaired) electrons. The maximum Gasteiger partial charge on any atom is 0.284 e. The van der Waals surface area contributed by atoms with Crippen LogP contribution in [0.25, 0.3) is 17.4 Å². The first kappa shape index (κ1) is 31.3. The zero-order chi connectivity index (χ0) is 32.4. The zero-order valence-corrected chi connectivity index (χ0v) is 26.5. The molecule has 45 heavy (non-hydrogen) atoms. The molecule has 2 aromatic carbocycles. The van der Waals surface area contributed by atoms with Crippen LogP contribution in [0, 0.1) is 10.1 Å². The number of methoxy groups -OCH3 is 3. The lowest BCUT2D eigenvalue weighted by Gasteiger charge is -2.30. The number of amides is 1. The number of furan rings is 1. The highest BCUT2D eigenvalue weighted by Crippen LogP contribution is 2.38. The summed E-state index contributed by atoms with van der Waals surface area (Å²) in [6.07, 6.45) is 1.56. The molecule has 1 aliphatic rings. The van der Waals surface area contributed by atoms with Gasteiger partial charge in [0.15, 0.2) is 4.80 Å². The number of nitro benzene ring substituents is 1. The molecule has 5 rings (SSSR count). The summed E-state index contributed by atoms with van der Waals surface area (Å²) < 4.78 is 24.1. The number of carbonyl (C=O) groups excluding carboxylic acids is 1. The molecule has 0 N–H and O–H groups in total. The fourth-order valence-corrected chi connectivity index (χ4v) is 6.35. The van der Waals surface area contributed by atoms with Crippen molar-refractivity contribution < 1.29 is 28.3 Å². The third kappa shape index (κ3) is 5.74. The van der Waals surface area contributed by atoms with Gasteiger partial charge in [-0.1, -0.05) is 11.3 Å². The van der Waals surface area contributed by atoms with E-state index in [-0.39, 0.29) is 28.5 Å². The summed E-state index contributed by atoms with van der Waals surface area (Å²) in [7, 11) is 4.50. The van der Waals surface area contributed by atoms with Gasteiger partial charge >= 0.3 is 0 Å². The van der Waals surface area contributed by atoms with Crippen molar-refractivity contribution in [3.05, 3.63) is 101 Å². The van der Waals surface area contributed by atoms with E-state index in [1.807, 2.05) is 13.8 Å². The van der Waals surface area contributed by atoms with E-state index in [0.29, 0.717) is 62.3 Å². The molecule has 0 fully saturated rings. The lowest BCUT2D eigenvalue weighted by Crippen LogP contribution is -2.43. The number of likely N-dealkylation sites (N-methyl/N-ethyl adjacent to an activating group) is 1. The third-order valence-electron chi connectivity index (χ3n) is 7.60. The lowest BCUT2D eigenvalue weighted by molar-refractivity contribution is -0.384. The molecule has 1 aliphatic heterocycles. The number of carbonyl (C=O) groups is 1. The molecule has 13 heteroatoms. The highest BCUT2D eigenvalue weighted by atomic mass is 32.1. The van der Waals surface area contributed by atoms with Gasteiger partial charge in [0.1, 0.15) is 34.8 Å². The summed E-state index contributed by atoms with van der Waals surface area (Å²) in [6.45, 7) is 6.50. The fourth-order valence-electron chi connectivity index (χ4n) is 5.33. The highest BCUT2D eigenvalue weighted by Gasteiger charge is 2.36. The number of aromatic nitrogens is 1. The van der Waals surface area contributed by atoms with Gasteiger partial charge in [-0.25, -0.2) is 4.99 Å². The zero-order valence-electron chi connectivity index (χ0n) is 25.7. The molecule has 1 atom stereocenters. The van der Waals surface area contributed by atoms with Crippen LogP contribution in [0.5, 0.6) is 17.2 Å². The Bertz CT molecular complexity index is 2000. The third-order valence-corrected chi connectivity index (χ3v) is 8.58. The van der Waals surface area contributed by atoms with E-state index >= 15 is 0 Å².